The van der Waals surface area contributed by atoms with Crippen molar-refractivity contribution in [2.24, 2.45) is 16.1 Å². The van der Waals surface area contributed by atoms with Gasteiger partial charge in [-0.25, -0.2) is 15.0 Å². The average molecular weight is 477 g/mol. The Balaban J connectivity index is 1.50. The van der Waals surface area contributed by atoms with E-state index in [9.17, 15) is 4.39 Å². The standard InChI is InChI=1S/C25H18ClFN4O3/c1-24(11-32-12-24)5-4-16-8-19-21(10-29-16)34-20-3-2-14(17-7-15(26)9-30-22(17)27)6-18(20)25(19)13-33-23(28)31-25/h2-3,6-10H,11-13H2,1H3,(H2,28,31)/t25-/m0/s1. The third-order valence-electron chi connectivity index (χ3n) is 6.14. The van der Waals surface area contributed by atoms with E-state index < -0.39 is 11.5 Å². The second-order valence-corrected chi connectivity index (χ2v) is 9.21. The van der Waals surface area contributed by atoms with Gasteiger partial charge in [0.2, 0.25) is 5.95 Å². The van der Waals surface area contributed by atoms with Crippen LogP contribution in [0.2, 0.25) is 5.02 Å². The molecule has 0 aliphatic carbocycles. The summed E-state index contributed by atoms with van der Waals surface area (Å²) in [6, 6.07) is 8.73. The summed E-state index contributed by atoms with van der Waals surface area (Å²) in [5.74, 6) is 6.83. The van der Waals surface area contributed by atoms with E-state index in [0.29, 0.717) is 46.6 Å². The number of amidine groups is 1. The minimum atomic E-state index is -0.992. The van der Waals surface area contributed by atoms with Gasteiger partial charge in [0, 0.05) is 22.9 Å². The highest BCUT2D eigenvalue weighted by molar-refractivity contribution is 6.30. The predicted molar refractivity (Wildman–Crippen MR) is 123 cm³/mol. The molecule has 170 valence electrons. The fourth-order valence-corrected chi connectivity index (χ4v) is 4.47. The maximum absolute atomic E-state index is 14.5. The number of aromatic nitrogens is 2. The Hall–Kier alpha value is -3.67. The molecule has 5 heterocycles. The van der Waals surface area contributed by atoms with Crippen LogP contribution in [0.1, 0.15) is 23.7 Å². The van der Waals surface area contributed by atoms with E-state index in [1.54, 1.807) is 24.4 Å². The predicted octanol–water partition coefficient (Wildman–Crippen LogP) is 4.02. The van der Waals surface area contributed by atoms with E-state index in [4.69, 9.17) is 31.5 Å². The van der Waals surface area contributed by atoms with E-state index in [1.807, 2.05) is 13.0 Å². The van der Waals surface area contributed by atoms with Gasteiger partial charge in [0.1, 0.15) is 18.1 Å². The molecule has 6 rings (SSSR count). The van der Waals surface area contributed by atoms with Gasteiger partial charge >= 0.3 is 0 Å². The van der Waals surface area contributed by atoms with Crippen LogP contribution in [0, 0.1) is 23.2 Å². The molecule has 0 amide bonds. The van der Waals surface area contributed by atoms with Crippen molar-refractivity contribution in [2.45, 2.75) is 12.5 Å². The summed E-state index contributed by atoms with van der Waals surface area (Å²) in [7, 11) is 0. The molecular weight excluding hydrogens is 459 g/mol. The van der Waals surface area contributed by atoms with Crippen molar-refractivity contribution in [2.75, 3.05) is 19.8 Å². The van der Waals surface area contributed by atoms with Crippen molar-refractivity contribution in [3.8, 4) is 34.5 Å². The Morgan fingerprint density at radius 1 is 1.06 bits per heavy atom. The van der Waals surface area contributed by atoms with Crippen molar-refractivity contribution in [3.63, 3.8) is 0 Å². The number of hydrogen-bond donors (Lipinski definition) is 1. The van der Waals surface area contributed by atoms with E-state index in [-0.39, 0.29) is 23.6 Å². The molecule has 2 N–H and O–H groups in total. The summed E-state index contributed by atoms with van der Waals surface area (Å²) in [5, 5.41) is 0.330. The fraction of sp³-hybridized carbons (Fsp3) is 0.240. The SMILES string of the molecule is CC1(C#Cc2cc3c(cn2)Oc2ccc(-c4cc(Cl)cnc4F)cc2[C@@]32COC(N)=N2)COC1. The molecule has 0 unspecified atom stereocenters. The van der Waals surface area contributed by atoms with Crippen molar-refractivity contribution in [3.05, 3.63) is 70.5 Å². The lowest BCUT2D eigenvalue weighted by Crippen LogP contribution is -2.38. The van der Waals surface area contributed by atoms with Crippen LogP contribution in [0.5, 0.6) is 11.5 Å². The van der Waals surface area contributed by atoms with Crippen LogP contribution in [-0.2, 0) is 15.0 Å². The van der Waals surface area contributed by atoms with Crippen LogP contribution in [0.25, 0.3) is 11.1 Å². The molecule has 1 fully saturated rings. The largest absolute Gasteiger partial charge is 0.462 e. The van der Waals surface area contributed by atoms with Crippen LogP contribution in [0.15, 0.2) is 47.7 Å². The highest BCUT2D eigenvalue weighted by atomic mass is 35.5. The zero-order chi connectivity index (χ0) is 23.5. The lowest BCUT2D eigenvalue weighted by Gasteiger charge is -2.33. The minimum Gasteiger partial charge on any atom is -0.462 e. The maximum Gasteiger partial charge on any atom is 0.283 e. The molecule has 1 aromatic carbocycles. The van der Waals surface area contributed by atoms with Crippen LogP contribution in [-0.4, -0.2) is 35.8 Å². The first-order valence-corrected chi connectivity index (χ1v) is 11.0. The number of aliphatic imine (C=N–C) groups is 1. The molecule has 1 spiro atoms. The monoisotopic (exact) mass is 476 g/mol. The highest BCUT2D eigenvalue weighted by Gasteiger charge is 2.47. The Bertz CT molecular complexity index is 1440. The Morgan fingerprint density at radius 2 is 1.88 bits per heavy atom. The average Bonchev–Trinajstić information content (AvgIpc) is 3.20. The molecule has 2 aromatic heterocycles. The molecule has 0 saturated carbocycles. The topological polar surface area (TPSA) is 91.9 Å². The number of nitrogens with zero attached hydrogens (tertiary/aromatic N) is 3. The Morgan fingerprint density at radius 3 is 2.62 bits per heavy atom. The number of ether oxygens (including phenoxy) is 3. The molecule has 7 nitrogen and oxygen atoms in total. The van der Waals surface area contributed by atoms with E-state index >= 15 is 0 Å². The molecule has 9 heteroatoms. The molecule has 0 bridgehead atoms. The summed E-state index contributed by atoms with van der Waals surface area (Å²) in [4.78, 5) is 12.9. The third kappa shape index (κ3) is 3.28. The van der Waals surface area contributed by atoms with Gasteiger partial charge in [-0.1, -0.05) is 23.6 Å². The van der Waals surface area contributed by atoms with Crippen LogP contribution in [0.3, 0.4) is 0 Å². The summed E-state index contributed by atoms with van der Waals surface area (Å²) in [6.07, 6.45) is 2.89. The van der Waals surface area contributed by atoms with Crippen LogP contribution >= 0.6 is 11.6 Å². The number of benzene rings is 1. The second-order valence-electron chi connectivity index (χ2n) is 8.77. The van der Waals surface area contributed by atoms with Gasteiger partial charge < -0.3 is 19.9 Å². The number of hydrogen-bond acceptors (Lipinski definition) is 7. The molecule has 3 aliphatic rings. The van der Waals surface area contributed by atoms with Gasteiger partial charge in [-0.3, -0.25) is 0 Å². The number of rotatable bonds is 1. The molecule has 34 heavy (non-hydrogen) atoms. The van der Waals surface area contributed by atoms with Crippen molar-refractivity contribution in [1.29, 1.82) is 0 Å². The molecule has 0 radical (unpaired) electrons. The Kier molecular flexibility index (Phi) is 4.56. The fourth-order valence-electron chi connectivity index (χ4n) is 4.32. The van der Waals surface area contributed by atoms with Crippen molar-refractivity contribution < 1.29 is 18.6 Å². The van der Waals surface area contributed by atoms with E-state index in [0.717, 1.165) is 5.56 Å². The van der Waals surface area contributed by atoms with Gasteiger partial charge in [0.05, 0.1) is 29.8 Å². The number of fused-ring (bicyclic) bond motifs is 4. The quantitative estimate of drug-likeness (QED) is 0.421. The minimum absolute atomic E-state index is 0.0587. The summed E-state index contributed by atoms with van der Waals surface area (Å²) >= 11 is 6.07. The van der Waals surface area contributed by atoms with Gasteiger partial charge in [0.25, 0.3) is 6.02 Å². The molecule has 3 aliphatic heterocycles. The number of pyridine rings is 2. The Labute approximate surface area is 199 Å². The summed E-state index contributed by atoms with van der Waals surface area (Å²) in [6.45, 7) is 3.39. The number of halogens is 2. The summed E-state index contributed by atoms with van der Waals surface area (Å²) in [5.41, 5.74) is 7.61. The lowest BCUT2D eigenvalue weighted by molar-refractivity contribution is -0.0648. The van der Waals surface area contributed by atoms with Crippen LogP contribution in [0.4, 0.5) is 4.39 Å². The molecule has 1 saturated heterocycles. The lowest BCUT2D eigenvalue weighted by atomic mass is 9.80. The number of nitrogens with two attached hydrogens (primary N) is 1. The molecular formula is C25H18ClFN4O3. The van der Waals surface area contributed by atoms with E-state index in [1.165, 1.54) is 12.3 Å². The van der Waals surface area contributed by atoms with Crippen molar-refractivity contribution >= 4 is 17.6 Å². The maximum atomic E-state index is 14.5. The first kappa shape index (κ1) is 20.9. The highest BCUT2D eigenvalue weighted by Crippen LogP contribution is 2.51. The first-order chi connectivity index (χ1) is 16.4. The normalized spacial score (nSPS) is 21.2. The van der Waals surface area contributed by atoms with Crippen LogP contribution < -0.4 is 10.5 Å². The summed E-state index contributed by atoms with van der Waals surface area (Å²) < 4.78 is 31.6. The smallest absolute Gasteiger partial charge is 0.283 e. The van der Waals surface area contributed by atoms with Gasteiger partial charge in [-0.05, 0) is 42.7 Å². The van der Waals surface area contributed by atoms with Gasteiger partial charge in [-0.2, -0.15) is 4.39 Å². The van der Waals surface area contributed by atoms with Gasteiger partial charge in [0.15, 0.2) is 11.3 Å². The zero-order valence-electron chi connectivity index (χ0n) is 18.1. The molecule has 3 aromatic rings. The zero-order valence-corrected chi connectivity index (χ0v) is 18.8. The first-order valence-electron chi connectivity index (χ1n) is 10.6. The van der Waals surface area contributed by atoms with E-state index in [2.05, 4.69) is 26.8 Å². The van der Waals surface area contributed by atoms with Gasteiger partial charge in [-0.15, -0.1) is 0 Å². The molecule has 1 atom stereocenters. The third-order valence-corrected chi connectivity index (χ3v) is 6.35. The second kappa shape index (κ2) is 7.42. The van der Waals surface area contributed by atoms with Crippen molar-refractivity contribution in [1.82, 2.24) is 9.97 Å².